The number of hydrogen-bond acceptors (Lipinski definition) is 8. The molecule has 200 valence electrons. The first-order valence-electron chi connectivity index (χ1n) is 12.7. The van der Waals surface area contributed by atoms with Crippen molar-refractivity contribution in [3.63, 3.8) is 0 Å². The number of sulfonamides is 1. The number of aromatic nitrogens is 3. The summed E-state index contributed by atoms with van der Waals surface area (Å²) in [5.41, 5.74) is 5.97. The van der Waals surface area contributed by atoms with E-state index in [1.165, 1.54) is 23.4 Å². The van der Waals surface area contributed by atoms with Gasteiger partial charge in [-0.3, -0.25) is 14.4 Å². The molecule has 2 atom stereocenters. The fourth-order valence-corrected chi connectivity index (χ4v) is 5.99. The Morgan fingerprint density at radius 2 is 1.84 bits per heavy atom. The lowest BCUT2D eigenvalue weighted by Gasteiger charge is -2.41. The molecule has 2 aliphatic rings. The number of hydrogen-bond donors (Lipinski definition) is 2. The van der Waals surface area contributed by atoms with Gasteiger partial charge in [-0.15, -0.1) is 0 Å². The highest BCUT2D eigenvalue weighted by Gasteiger charge is 2.36. The van der Waals surface area contributed by atoms with Gasteiger partial charge in [0.05, 0.1) is 11.9 Å². The van der Waals surface area contributed by atoms with Crippen molar-refractivity contribution in [2.75, 3.05) is 29.4 Å². The summed E-state index contributed by atoms with van der Waals surface area (Å²) in [4.78, 5) is 30.8. The lowest BCUT2D eigenvalue weighted by atomic mass is 9.92. The molecule has 10 nitrogen and oxygen atoms in total. The molecule has 0 spiro atoms. The van der Waals surface area contributed by atoms with Gasteiger partial charge in [0.1, 0.15) is 5.82 Å². The number of benzene rings is 1. The Balaban J connectivity index is 1.21. The molecule has 1 fully saturated rings. The van der Waals surface area contributed by atoms with Crippen LogP contribution in [-0.4, -0.2) is 64.5 Å². The Hall–Kier alpha value is -3.57. The summed E-state index contributed by atoms with van der Waals surface area (Å²) in [6.07, 6.45) is 5.27. The van der Waals surface area contributed by atoms with Gasteiger partial charge >= 0.3 is 0 Å². The number of anilines is 3. The molecule has 5 rings (SSSR count). The topological polar surface area (TPSA) is 120 Å². The van der Waals surface area contributed by atoms with E-state index in [1.54, 1.807) is 6.07 Å². The summed E-state index contributed by atoms with van der Waals surface area (Å²) in [5, 5.41) is 3.34. The number of pyridine rings is 1. The molecule has 0 unspecified atom stereocenters. The molecule has 11 heteroatoms. The Labute approximate surface area is 223 Å². The first-order chi connectivity index (χ1) is 18.0. The number of carbonyl (C=O) groups excluding carboxylic acids is 1. The van der Waals surface area contributed by atoms with E-state index in [0.717, 1.165) is 42.7 Å². The van der Waals surface area contributed by atoms with Crippen molar-refractivity contribution in [3.05, 3.63) is 70.7 Å². The summed E-state index contributed by atoms with van der Waals surface area (Å²) >= 11 is 0. The average Bonchev–Trinajstić information content (AvgIpc) is 3.25. The molecule has 0 radical (unpaired) electrons. The van der Waals surface area contributed by atoms with E-state index in [4.69, 9.17) is 4.98 Å². The smallest absolute Gasteiger partial charge is 0.254 e. The molecule has 38 heavy (non-hydrogen) atoms. The van der Waals surface area contributed by atoms with Crippen molar-refractivity contribution in [2.24, 2.45) is 5.92 Å². The van der Waals surface area contributed by atoms with Crippen LogP contribution >= 0.6 is 0 Å². The fraction of sp³-hybridized carbons (Fsp3) is 0.407. The van der Waals surface area contributed by atoms with E-state index in [-0.39, 0.29) is 17.6 Å². The van der Waals surface area contributed by atoms with E-state index in [2.05, 4.69) is 63.9 Å². The van der Waals surface area contributed by atoms with E-state index < -0.39 is 10.0 Å². The van der Waals surface area contributed by atoms with Gasteiger partial charge in [-0.25, -0.2) is 23.4 Å². The minimum atomic E-state index is -3.47. The molecular formula is C27H33N7O3S. The number of aryl methyl sites for hydroxylation is 2. The Morgan fingerprint density at radius 1 is 1.08 bits per heavy atom. The predicted octanol–water partition coefficient (Wildman–Crippen LogP) is 3.47. The standard InChI is InChI=1S/C27H33N7O3S/c1-17-9-18(2)11-22(10-17)30-27-29-13-21-15-34(16-23(21)31-27)24-6-8-33(14-19(24)3)26(35)20-5-7-28-25(12-20)32-38(4,36)37/h5,7,9-13,19,24H,6,8,14-16H2,1-4H3,(H,28,32)(H,29,30,31)/t19-,24+/m1/s1. The van der Waals surface area contributed by atoms with Gasteiger partial charge in [0, 0.05) is 61.4 Å². The van der Waals surface area contributed by atoms with Crippen LogP contribution in [0.2, 0.25) is 0 Å². The van der Waals surface area contributed by atoms with E-state index >= 15 is 0 Å². The lowest BCUT2D eigenvalue weighted by molar-refractivity contribution is 0.0445. The normalized spacial score (nSPS) is 19.7. The van der Waals surface area contributed by atoms with Crippen molar-refractivity contribution in [3.8, 4) is 0 Å². The second kappa shape index (κ2) is 10.3. The van der Waals surface area contributed by atoms with Gasteiger partial charge in [-0.05, 0) is 61.6 Å². The number of nitrogens with zero attached hydrogens (tertiary/aromatic N) is 5. The van der Waals surface area contributed by atoms with Crippen LogP contribution in [0.25, 0.3) is 0 Å². The minimum Gasteiger partial charge on any atom is -0.338 e. The monoisotopic (exact) mass is 535 g/mol. The third-order valence-electron chi connectivity index (χ3n) is 7.07. The Morgan fingerprint density at radius 3 is 2.55 bits per heavy atom. The number of nitrogens with one attached hydrogen (secondary N) is 2. The summed E-state index contributed by atoms with van der Waals surface area (Å²) in [6.45, 7) is 9.13. The number of carbonyl (C=O) groups is 1. The van der Waals surface area contributed by atoms with Crippen molar-refractivity contribution in [1.29, 1.82) is 0 Å². The van der Waals surface area contributed by atoms with Crippen molar-refractivity contribution in [2.45, 2.75) is 46.3 Å². The highest BCUT2D eigenvalue weighted by atomic mass is 32.2. The Kier molecular flexibility index (Phi) is 7.06. The molecule has 4 heterocycles. The zero-order valence-corrected chi connectivity index (χ0v) is 22.9. The lowest BCUT2D eigenvalue weighted by Crippen LogP contribution is -2.50. The van der Waals surface area contributed by atoms with Gasteiger partial charge in [0.25, 0.3) is 5.91 Å². The quantitative estimate of drug-likeness (QED) is 0.492. The van der Waals surface area contributed by atoms with E-state index in [0.29, 0.717) is 30.6 Å². The minimum absolute atomic E-state index is 0.119. The largest absolute Gasteiger partial charge is 0.338 e. The van der Waals surface area contributed by atoms with Crippen LogP contribution in [0.5, 0.6) is 0 Å². The predicted molar refractivity (Wildman–Crippen MR) is 147 cm³/mol. The van der Waals surface area contributed by atoms with Crippen LogP contribution in [0, 0.1) is 19.8 Å². The van der Waals surface area contributed by atoms with Crippen molar-refractivity contribution in [1.82, 2.24) is 24.8 Å². The third kappa shape index (κ3) is 5.94. The summed E-state index contributed by atoms with van der Waals surface area (Å²) in [5.74, 6) is 0.889. The fourth-order valence-electron chi connectivity index (χ4n) is 5.50. The van der Waals surface area contributed by atoms with Crippen LogP contribution in [0.3, 0.4) is 0 Å². The van der Waals surface area contributed by atoms with Gasteiger partial charge in [0.2, 0.25) is 16.0 Å². The second-order valence-electron chi connectivity index (χ2n) is 10.5. The van der Waals surface area contributed by atoms with Crippen molar-refractivity contribution < 1.29 is 13.2 Å². The third-order valence-corrected chi connectivity index (χ3v) is 7.65. The van der Waals surface area contributed by atoms with E-state index in [1.807, 2.05) is 11.1 Å². The Bertz CT molecular complexity index is 1460. The van der Waals surface area contributed by atoms with Crippen LogP contribution in [-0.2, 0) is 23.1 Å². The number of fused-ring (bicyclic) bond motifs is 1. The zero-order chi connectivity index (χ0) is 27.0. The maximum absolute atomic E-state index is 13.2. The summed E-state index contributed by atoms with van der Waals surface area (Å²) in [6, 6.07) is 9.73. The average molecular weight is 536 g/mol. The summed E-state index contributed by atoms with van der Waals surface area (Å²) < 4.78 is 25.4. The molecule has 1 aromatic carbocycles. The molecule has 1 saturated heterocycles. The molecule has 1 amide bonds. The molecule has 0 bridgehead atoms. The van der Waals surface area contributed by atoms with Gasteiger partial charge < -0.3 is 10.2 Å². The molecular weight excluding hydrogens is 502 g/mol. The maximum atomic E-state index is 13.2. The van der Waals surface area contributed by atoms with Gasteiger partial charge in [0.15, 0.2) is 0 Å². The molecule has 0 saturated carbocycles. The number of piperidine rings is 1. The van der Waals surface area contributed by atoms with E-state index in [9.17, 15) is 13.2 Å². The van der Waals surface area contributed by atoms with Crippen molar-refractivity contribution >= 4 is 33.4 Å². The number of rotatable bonds is 6. The van der Waals surface area contributed by atoms with Crippen LogP contribution in [0.1, 0.15) is 46.1 Å². The molecule has 2 aromatic heterocycles. The zero-order valence-electron chi connectivity index (χ0n) is 22.1. The second-order valence-corrected chi connectivity index (χ2v) is 12.2. The number of likely N-dealkylation sites (tertiary alicyclic amines) is 1. The van der Waals surface area contributed by atoms with Crippen LogP contribution < -0.4 is 10.0 Å². The van der Waals surface area contributed by atoms with Crippen LogP contribution in [0.15, 0.2) is 42.7 Å². The SMILES string of the molecule is Cc1cc(C)cc(Nc2ncc3c(n2)CN([C@H]2CCN(C(=O)c4ccnc(NS(C)(=O)=O)c4)C[C@H]2C)C3)c1. The van der Waals surface area contributed by atoms with Gasteiger partial charge in [-0.2, -0.15) is 0 Å². The maximum Gasteiger partial charge on any atom is 0.254 e. The molecule has 2 aliphatic heterocycles. The first kappa shape index (κ1) is 26.1. The summed E-state index contributed by atoms with van der Waals surface area (Å²) in [7, 11) is -3.47. The molecule has 3 aromatic rings. The van der Waals surface area contributed by atoms with Crippen LogP contribution in [0.4, 0.5) is 17.5 Å². The first-order valence-corrected chi connectivity index (χ1v) is 14.6. The van der Waals surface area contributed by atoms with Gasteiger partial charge in [-0.1, -0.05) is 13.0 Å². The molecule has 0 aliphatic carbocycles. The number of amides is 1. The highest BCUT2D eigenvalue weighted by molar-refractivity contribution is 7.92. The highest BCUT2D eigenvalue weighted by Crippen LogP contribution is 2.31. The molecule has 2 N–H and O–H groups in total.